The summed E-state index contributed by atoms with van der Waals surface area (Å²) in [6, 6.07) is -0.0427. The van der Waals surface area contributed by atoms with E-state index in [9.17, 15) is 18.0 Å². The molecule has 6 nitrogen and oxygen atoms in total. The van der Waals surface area contributed by atoms with Gasteiger partial charge in [0.25, 0.3) is 5.91 Å². The molecule has 3 heterocycles. The van der Waals surface area contributed by atoms with Crippen LogP contribution in [0.4, 0.5) is 13.2 Å². The quantitative estimate of drug-likeness (QED) is 0.853. The van der Waals surface area contributed by atoms with Crippen molar-refractivity contribution in [3.63, 3.8) is 0 Å². The van der Waals surface area contributed by atoms with Crippen LogP contribution in [-0.2, 0) is 6.18 Å². The number of rotatable bonds is 2. The first kappa shape index (κ1) is 14.6. The molecule has 1 saturated heterocycles. The molecule has 1 aliphatic heterocycles. The Hall–Kier alpha value is -2.32. The highest BCUT2D eigenvalue weighted by Crippen LogP contribution is 2.33. The van der Waals surface area contributed by atoms with Crippen LogP contribution < -0.4 is 0 Å². The molecule has 0 spiro atoms. The lowest BCUT2D eigenvalue weighted by molar-refractivity contribution is -0.153. The van der Waals surface area contributed by atoms with Crippen LogP contribution in [0.1, 0.15) is 34.3 Å². The van der Waals surface area contributed by atoms with Crippen molar-refractivity contribution in [2.75, 3.05) is 13.1 Å². The van der Waals surface area contributed by atoms with Crippen LogP contribution in [0.2, 0.25) is 0 Å². The Morgan fingerprint density at radius 2 is 2.23 bits per heavy atom. The summed E-state index contributed by atoms with van der Waals surface area (Å²) in [4.78, 5) is 17.0. The molecule has 0 bridgehead atoms. The van der Waals surface area contributed by atoms with Crippen molar-refractivity contribution in [1.29, 1.82) is 0 Å². The number of hydrogen-bond acceptors (Lipinski definition) is 4. The van der Waals surface area contributed by atoms with Gasteiger partial charge in [0.15, 0.2) is 12.1 Å². The van der Waals surface area contributed by atoms with Gasteiger partial charge in [-0.3, -0.25) is 9.48 Å². The summed E-state index contributed by atoms with van der Waals surface area (Å²) in [6.07, 6.45) is 0.0754. The molecule has 0 aromatic carbocycles. The SMILES string of the molecule is Cc1cnn(C2CCN(C(=O)c3ncoc3C(F)(F)F)C2)c1. The summed E-state index contributed by atoms with van der Waals surface area (Å²) in [7, 11) is 0. The van der Waals surface area contributed by atoms with E-state index in [1.807, 2.05) is 13.1 Å². The zero-order valence-corrected chi connectivity index (χ0v) is 11.7. The maximum Gasteiger partial charge on any atom is 0.452 e. The Bertz CT molecular complexity index is 692. The first-order valence-electron chi connectivity index (χ1n) is 6.67. The van der Waals surface area contributed by atoms with Gasteiger partial charge in [-0.25, -0.2) is 4.98 Å². The summed E-state index contributed by atoms with van der Waals surface area (Å²) >= 11 is 0. The van der Waals surface area contributed by atoms with E-state index in [0.29, 0.717) is 25.9 Å². The predicted molar refractivity (Wildman–Crippen MR) is 68.0 cm³/mol. The van der Waals surface area contributed by atoms with E-state index in [1.54, 1.807) is 10.9 Å². The van der Waals surface area contributed by atoms with Crippen molar-refractivity contribution < 1.29 is 22.4 Å². The second kappa shape index (κ2) is 5.15. The zero-order valence-electron chi connectivity index (χ0n) is 11.7. The second-order valence-electron chi connectivity index (χ2n) is 5.22. The molecule has 1 atom stereocenters. The molecule has 1 unspecified atom stereocenters. The van der Waals surface area contributed by atoms with Crippen molar-refractivity contribution in [3.05, 3.63) is 35.8 Å². The van der Waals surface area contributed by atoms with Gasteiger partial charge in [0, 0.05) is 19.3 Å². The lowest BCUT2D eigenvalue weighted by atomic mass is 10.3. The smallest absolute Gasteiger partial charge is 0.438 e. The Morgan fingerprint density at radius 3 is 2.86 bits per heavy atom. The fourth-order valence-corrected chi connectivity index (χ4v) is 2.52. The molecular weight excluding hydrogens is 301 g/mol. The first-order chi connectivity index (χ1) is 10.4. The maximum absolute atomic E-state index is 12.8. The summed E-state index contributed by atoms with van der Waals surface area (Å²) in [5.41, 5.74) is 0.297. The highest BCUT2D eigenvalue weighted by atomic mass is 19.4. The van der Waals surface area contributed by atoms with Gasteiger partial charge in [0.1, 0.15) is 0 Å². The normalized spacial score (nSPS) is 18.9. The zero-order chi connectivity index (χ0) is 15.9. The van der Waals surface area contributed by atoms with Crippen molar-refractivity contribution in [2.45, 2.75) is 25.6 Å². The standard InChI is InChI=1S/C13H13F3N4O2/c1-8-4-18-20(5-8)9-2-3-19(6-9)12(21)10-11(13(14,15)16)22-7-17-10/h4-5,7,9H,2-3,6H2,1H3. The highest BCUT2D eigenvalue weighted by molar-refractivity contribution is 5.93. The largest absolute Gasteiger partial charge is 0.452 e. The number of carbonyl (C=O) groups is 1. The summed E-state index contributed by atoms with van der Waals surface area (Å²) in [5.74, 6) is -2.12. The van der Waals surface area contributed by atoms with Gasteiger partial charge < -0.3 is 9.32 Å². The molecule has 118 valence electrons. The Morgan fingerprint density at radius 1 is 1.45 bits per heavy atom. The number of halogens is 3. The Kier molecular flexibility index (Phi) is 3.42. The lowest BCUT2D eigenvalue weighted by Crippen LogP contribution is -2.31. The Balaban J connectivity index is 1.76. The molecule has 2 aromatic rings. The van der Waals surface area contributed by atoms with Crippen LogP contribution in [0, 0.1) is 6.92 Å². The predicted octanol–water partition coefficient (Wildman–Crippen LogP) is 2.29. The minimum absolute atomic E-state index is 0.0427. The maximum atomic E-state index is 12.8. The van der Waals surface area contributed by atoms with Crippen LogP contribution in [-0.4, -0.2) is 38.7 Å². The number of amides is 1. The van der Waals surface area contributed by atoms with Crippen LogP contribution in [0.3, 0.4) is 0 Å². The van der Waals surface area contributed by atoms with Gasteiger partial charge in [0.05, 0.1) is 12.2 Å². The molecule has 0 aliphatic carbocycles. The van der Waals surface area contributed by atoms with Crippen molar-refractivity contribution >= 4 is 5.91 Å². The van der Waals surface area contributed by atoms with Crippen LogP contribution in [0.5, 0.6) is 0 Å². The molecule has 0 saturated carbocycles. The van der Waals surface area contributed by atoms with E-state index in [2.05, 4.69) is 14.5 Å². The van der Waals surface area contributed by atoms with E-state index in [0.717, 1.165) is 5.56 Å². The van der Waals surface area contributed by atoms with Crippen molar-refractivity contribution in [1.82, 2.24) is 19.7 Å². The van der Waals surface area contributed by atoms with E-state index in [-0.39, 0.29) is 6.04 Å². The van der Waals surface area contributed by atoms with Gasteiger partial charge in [-0.15, -0.1) is 0 Å². The molecule has 1 fully saturated rings. The summed E-state index contributed by atoms with van der Waals surface area (Å²) < 4.78 is 44.3. The molecule has 0 radical (unpaired) electrons. The minimum Gasteiger partial charge on any atom is -0.438 e. The number of likely N-dealkylation sites (tertiary alicyclic amines) is 1. The fraction of sp³-hybridized carbons (Fsp3) is 0.462. The Labute approximate surface area is 123 Å². The average molecular weight is 314 g/mol. The topological polar surface area (TPSA) is 64.2 Å². The monoisotopic (exact) mass is 314 g/mol. The number of nitrogens with zero attached hydrogens (tertiary/aromatic N) is 4. The number of oxazole rings is 1. The van der Waals surface area contributed by atoms with E-state index >= 15 is 0 Å². The molecular formula is C13H13F3N4O2. The van der Waals surface area contributed by atoms with Gasteiger partial charge in [-0.2, -0.15) is 18.3 Å². The molecule has 0 N–H and O–H groups in total. The minimum atomic E-state index is -4.74. The van der Waals surface area contributed by atoms with Gasteiger partial charge >= 0.3 is 6.18 Å². The van der Waals surface area contributed by atoms with Crippen molar-refractivity contribution in [3.8, 4) is 0 Å². The average Bonchev–Trinajstić information content (AvgIpc) is 3.16. The molecule has 2 aromatic heterocycles. The number of aryl methyl sites for hydroxylation is 1. The number of carbonyl (C=O) groups excluding carboxylic acids is 1. The van der Waals surface area contributed by atoms with Crippen molar-refractivity contribution in [2.24, 2.45) is 0 Å². The third-order valence-corrected chi connectivity index (χ3v) is 3.58. The van der Waals surface area contributed by atoms with Gasteiger partial charge in [-0.1, -0.05) is 0 Å². The number of alkyl halides is 3. The third kappa shape index (κ3) is 2.58. The first-order valence-corrected chi connectivity index (χ1v) is 6.67. The summed E-state index contributed by atoms with van der Waals surface area (Å²) in [6.45, 7) is 2.54. The van der Waals surface area contributed by atoms with Crippen LogP contribution in [0.25, 0.3) is 0 Å². The van der Waals surface area contributed by atoms with Crippen LogP contribution >= 0.6 is 0 Å². The van der Waals surface area contributed by atoms with Gasteiger partial charge in [-0.05, 0) is 18.9 Å². The molecule has 9 heteroatoms. The highest BCUT2D eigenvalue weighted by Gasteiger charge is 2.42. The lowest BCUT2D eigenvalue weighted by Gasteiger charge is -2.16. The van der Waals surface area contributed by atoms with Gasteiger partial charge in [0.2, 0.25) is 5.76 Å². The second-order valence-corrected chi connectivity index (χ2v) is 5.22. The molecule has 3 rings (SSSR count). The molecule has 22 heavy (non-hydrogen) atoms. The summed E-state index contributed by atoms with van der Waals surface area (Å²) in [5, 5.41) is 4.18. The van der Waals surface area contributed by atoms with E-state index in [4.69, 9.17) is 0 Å². The third-order valence-electron chi connectivity index (χ3n) is 3.58. The fourth-order valence-electron chi connectivity index (χ4n) is 2.52. The number of aromatic nitrogens is 3. The van der Waals surface area contributed by atoms with E-state index in [1.165, 1.54) is 4.90 Å². The van der Waals surface area contributed by atoms with E-state index < -0.39 is 23.5 Å². The molecule has 1 amide bonds. The number of hydrogen-bond donors (Lipinski definition) is 0. The van der Waals surface area contributed by atoms with Crippen LogP contribution in [0.15, 0.2) is 23.2 Å². The molecule has 1 aliphatic rings.